The Morgan fingerprint density at radius 2 is 0.458 bits per heavy atom. The summed E-state index contributed by atoms with van der Waals surface area (Å²) < 4.78 is 30.2. The van der Waals surface area contributed by atoms with E-state index in [0.29, 0.717) is 9.79 Å². The first-order chi connectivity index (χ1) is 68.2. The fourth-order valence-corrected chi connectivity index (χ4v) is 19.2. The Kier molecular flexibility index (Phi) is 36.4. The second-order valence-electron chi connectivity index (χ2n) is 38.7. The van der Waals surface area contributed by atoms with Crippen LogP contribution >= 0.6 is 11.8 Å². The average Bonchev–Trinajstić information content (AvgIpc) is 1.54. The first-order valence-electron chi connectivity index (χ1n) is 49.2. The Labute approximate surface area is 852 Å². The first-order valence-corrected chi connectivity index (χ1v) is 51.5. The van der Waals surface area contributed by atoms with Crippen LogP contribution in [0.2, 0.25) is 0 Å². The minimum absolute atomic E-state index is 0.0708. The SMILES string of the molecule is Cc1ccc(C(C)(C)c2ccc(C)cc2)cc1.Cc1ccc(C)cc1.Cc1ccc(C2(c3ccc(C)cc3)c3ccccc3-c3ccccc32)cc1.Cc1ccc(Cc2ccc(C)cc2)cc1.Cc1ccc(Oc2ccc(C)cc2)cc1.Cc1ccc(S(=O)(=O)c2ccc(C)cc2)cc1.Cc1ccc(Sc2ccc(C)cc2)cc1.Cc1ccc2c(ccc3cc(C)ccc32)c1.Cc1ccc2cc(C)ccc2c1. The summed E-state index contributed by atoms with van der Waals surface area (Å²) in [7, 11) is -3.37. The van der Waals surface area contributed by atoms with Crippen LogP contribution in [0.4, 0.5) is 0 Å². The number of benzene rings is 20. The van der Waals surface area contributed by atoms with E-state index in [4.69, 9.17) is 4.74 Å². The summed E-state index contributed by atoms with van der Waals surface area (Å²) in [5.74, 6) is 1.76. The van der Waals surface area contributed by atoms with E-state index < -0.39 is 9.84 Å². The molecule has 0 saturated heterocycles. The molecule has 142 heavy (non-hydrogen) atoms. The Morgan fingerprint density at radius 1 is 0.232 bits per heavy atom. The molecule has 714 valence electrons. The zero-order chi connectivity index (χ0) is 101. The molecular weight excluding hydrogens is 1760 g/mol. The maximum atomic E-state index is 12.3. The monoisotopic (exact) mass is 1890 g/mol. The lowest BCUT2D eigenvalue weighted by Gasteiger charge is -2.34. The number of sulfone groups is 1. The molecule has 0 heterocycles. The van der Waals surface area contributed by atoms with Gasteiger partial charge in [-0.3, -0.25) is 0 Å². The third-order valence-corrected chi connectivity index (χ3v) is 28.7. The first kappa shape index (κ1) is 105. The lowest BCUT2D eigenvalue weighted by atomic mass is 9.67. The van der Waals surface area contributed by atoms with E-state index in [9.17, 15) is 8.42 Å². The fourth-order valence-electron chi connectivity index (χ4n) is 17.1. The number of hydrogen-bond donors (Lipinski definition) is 0. The third kappa shape index (κ3) is 29.0. The van der Waals surface area contributed by atoms with Crippen LogP contribution in [0.25, 0.3) is 43.4 Å². The Hall–Kier alpha value is -14.7. The molecule has 1 aliphatic rings. The largest absolute Gasteiger partial charge is 0.457 e. The van der Waals surface area contributed by atoms with Crippen molar-refractivity contribution < 1.29 is 13.2 Å². The predicted molar refractivity (Wildman–Crippen MR) is 610 cm³/mol. The van der Waals surface area contributed by atoms with Gasteiger partial charge >= 0.3 is 0 Å². The molecule has 21 rings (SSSR count). The van der Waals surface area contributed by atoms with Crippen molar-refractivity contribution in [3.8, 4) is 22.6 Å². The number of ether oxygens (including phenoxy) is 1. The molecule has 3 nitrogen and oxygen atoms in total. The summed E-state index contributed by atoms with van der Waals surface area (Å²) in [6.45, 7) is 42.3. The molecule has 0 fully saturated rings. The van der Waals surface area contributed by atoms with Crippen LogP contribution in [0.15, 0.2) is 468 Å². The van der Waals surface area contributed by atoms with Gasteiger partial charge in [0.05, 0.1) is 15.2 Å². The topological polar surface area (TPSA) is 43.4 Å². The van der Waals surface area contributed by atoms with Crippen LogP contribution in [-0.4, -0.2) is 8.42 Å². The molecule has 5 heteroatoms. The van der Waals surface area contributed by atoms with Crippen molar-refractivity contribution in [3.05, 3.63) is 594 Å². The zero-order valence-corrected chi connectivity index (χ0v) is 88.1. The summed E-state index contributed by atoms with van der Waals surface area (Å²) in [6.07, 6.45) is 1.03. The molecular formula is C137H136O3S2. The molecule has 0 amide bonds. The van der Waals surface area contributed by atoms with E-state index >= 15 is 0 Å². The minimum atomic E-state index is -3.37. The number of hydrogen-bond acceptors (Lipinski definition) is 4. The molecule has 0 spiro atoms. The second-order valence-corrected chi connectivity index (χ2v) is 41.8. The smallest absolute Gasteiger partial charge is 0.206 e. The summed E-state index contributed by atoms with van der Waals surface area (Å²) in [6, 6.07) is 158. The highest BCUT2D eigenvalue weighted by atomic mass is 32.2. The van der Waals surface area contributed by atoms with Gasteiger partial charge in [0, 0.05) is 15.2 Å². The van der Waals surface area contributed by atoms with Crippen LogP contribution in [0, 0.1) is 125 Å². The third-order valence-electron chi connectivity index (χ3n) is 25.9. The summed E-state index contributed by atoms with van der Waals surface area (Å²) in [5, 5.41) is 8.03. The van der Waals surface area contributed by atoms with Crippen LogP contribution in [-0.2, 0) is 27.1 Å². The van der Waals surface area contributed by atoms with Crippen LogP contribution < -0.4 is 4.74 Å². The highest BCUT2D eigenvalue weighted by Crippen LogP contribution is 2.56. The standard InChI is InChI=1S/C27H22.C17H20.C16H14.C15H16.C14H14O2S.C14H14O.C14H14S.C12H12.C8H10/c1-19-11-15-21(16-12-19)27(22-17-13-20(2)14-18-22)25-9-5-3-7-23(25)24-8-4-6-10-26(24)27;1-13-5-9-15(10-6-13)17(3,4)16-11-7-14(2)8-12-16;1-11-3-7-15-13(9-11)5-6-14-10-12(2)4-8-16(14)15;1-12-3-7-14(8-4-12)11-15-9-5-13(2)6-10-15;1-11-3-7-13(8-4-11)17(15,16)14-9-5-12(2)6-10-14;2*1-11-3-7-13(8-4-11)15-14-9-5-12(2)6-10-14;1-9-3-5-12-8-10(2)4-6-11(12)7-9;1-7-3-5-8(2)6-4-7/h3-18H,1-2H3;5-12H,1-4H3;3-10H,1-2H3;3-10H,11H2,1-2H3;3-10H,1-2H3;2*3-10H,1-2H3;3-8H,1-2H3;3-6H,1-2H3. The maximum absolute atomic E-state index is 12.3. The van der Waals surface area contributed by atoms with Crippen molar-refractivity contribution in [3.63, 3.8) is 0 Å². The Morgan fingerprint density at radius 3 is 0.761 bits per heavy atom. The molecule has 0 bridgehead atoms. The van der Waals surface area contributed by atoms with Crippen LogP contribution in [0.5, 0.6) is 11.5 Å². The van der Waals surface area contributed by atoms with Gasteiger partial charge in [-0.05, 0) is 292 Å². The number of rotatable bonds is 12. The van der Waals surface area contributed by atoms with Gasteiger partial charge in [0.1, 0.15) is 11.5 Å². The van der Waals surface area contributed by atoms with E-state index in [1.54, 1.807) is 60.3 Å². The molecule has 20 aromatic carbocycles. The van der Waals surface area contributed by atoms with Crippen molar-refractivity contribution in [1.29, 1.82) is 0 Å². The van der Waals surface area contributed by atoms with Gasteiger partial charge in [0.15, 0.2) is 0 Å². The number of aryl methyl sites for hydroxylation is 18. The molecule has 0 radical (unpaired) electrons. The van der Waals surface area contributed by atoms with E-state index in [-0.39, 0.29) is 10.8 Å². The predicted octanol–water partition coefficient (Wildman–Crippen LogP) is 37.2. The number of fused-ring (bicyclic) bond motifs is 7. The highest BCUT2D eigenvalue weighted by Gasteiger charge is 2.46. The molecule has 0 atom stereocenters. The lowest BCUT2D eigenvalue weighted by molar-refractivity contribution is 0.482. The fraction of sp³-hybridized carbons (Fsp3) is 0.168. The molecule has 0 unspecified atom stereocenters. The normalized spacial score (nSPS) is 11.3. The van der Waals surface area contributed by atoms with E-state index in [0.717, 1.165) is 29.0 Å². The zero-order valence-electron chi connectivity index (χ0n) is 86.5. The van der Waals surface area contributed by atoms with Gasteiger partial charge < -0.3 is 4.74 Å². The van der Waals surface area contributed by atoms with Gasteiger partial charge in [-0.1, -0.05) is 502 Å². The molecule has 0 aromatic heterocycles. The van der Waals surface area contributed by atoms with Crippen molar-refractivity contribution in [1.82, 2.24) is 0 Å². The Balaban J connectivity index is 0.000000136. The highest BCUT2D eigenvalue weighted by molar-refractivity contribution is 7.99. The molecule has 20 aromatic rings. The summed E-state index contributed by atoms with van der Waals surface area (Å²) >= 11 is 1.80. The van der Waals surface area contributed by atoms with Gasteiger partial charge in [0.25, 0.3) is 0 Å². The quantitative estimate of drug-likeness (QED) is 0.114. The van der Waals surface area contributed by atoms with Crippen molar-refractivity contribution in [2.75, 3.05) is 0 Å². The molecule has 0 saturated carbocycles. The van der Waals surface area contributed by atoms with Gasteiger partial charge in [-0.2, -0.15) is 0 Å². The van der Waals surface area contributed by atoms with E-state index in [1.165, 1.54) is 187 Å². The van der Waals surface area contributed by atoms with E-state index in [1.807, 2.05) is 62.4 Å². The summed E-state index contributed by atoms with van der Waals surface area (Å²) in [5.41, 5.74) is 36.4. The molecule has 0 N–H and O–H groups in total. The average molecular weight is 1890 g/mol. The van der Waals surface area contributed by atoms with Crippen molar-refractivity contribution >= 4 is 53.9 Å². The second kappa shape index (κ2) is 49.4. The lowest BCUT2D eigenvalue weighted by Crippen LogP contribution is -2.28. The van der Waals surface area contributed by atoms with Gasteiger partial charge in [-0.25, -0.2) is 8.42 Å². The maximum Gasteiger partial charge on any atom is 0.206 e. The van der Waals surface area contributed by atoms with Crippen LogP contribution in [0.3, 0.4) is 0 Å². The van der Waals surface area contributed by atoms with Gasteiger partial charge in [-0.15, -0.1) is 0 Å². The van der Waals surface area contributed by atoms with Crippen LogP contribution in [0.1, 0.15) is 158 Å². The Bertz CT molecular complexity index is 6920. The van der Waals surface area contributed by atoms with E-state index in [2.05, 4.69) is 476 Å². The molecule has 1 aliphatic carbocycles. The molecule has 0 aliphatic heterocycles. The van der Waals surface area contributed by atoms with Gasteiger partial charge in [0.2, 0.25) is 9.84 Å². The van der Waals surface area contributed by atoms with Crippen molar-refractivity contribution in [2.45, 2.75) is 175 Å². The van der Waals surface area contributed by atoms with Crippen molar-refractivity contribution in [2.24, 2.45) is 0 Å². The minimum Gasteiger partial charge on any atom is -0.457 e. The summed E-state index contributed by atoms with van der Waals surface area (Å²) in [4.78, 5) is 3.27.